The molecule has 0 unspecified atom stereocenters. The highest BCUT2D eigenvalue weighted by Crippen LogP contribution is 2.31. The van der Waals surface area contributed by atoms with Gasteiger partial charge in [0.05, 0.1) is 10.2 Å². The first-order valence-corrected chi connectivity index (χ1v) is 11.1. The number of fused-ring (bicyclic) bond motifs is 1. The lowest BCUT2D eigenvalue weighted by Crippen LogP contribution is -2.41. The van der Waals surface area contributed by atoms with E-state index >= 15 is 0 Å². The minimum Gasteiger partial charge on any atom is -0.348 e. The van der Waals surface area contributed by atoms with Gasteiger partial charge in [0.2, 0.25) is 0 Å². The van der Waals surface area contributed by atoms with E-state index in [-0.39, 0.29) is 0 Å². The van der Waals surface area contributed by atoms with Crippen LogP contribution in [0.3, 0.4) is 0 Å². The van der Waals surface area contributed by atoms with Crippen LogP contribution in [0.5, 0.6) is 0 Å². The zero-order chi connectivity index (χ0) is 21.1. The van der Waals surface area contributed by atoms with Gasteiger partial charge in [-0.05, 0) is 55.5 Å². The van der Waals surface area contributed by atoms with E-state index in [0.29, 0.717) is 23.2 Å². The Balaban J connectivity index is 1.25. The normalized spacial score (nSPS) is 14.7. The lowest BCUT2D eigenvalue weighted by Gasteiger charge is -2.31. The van der Waals surface area contributed by atoms with Gasteiger partial charge in [0.1, 0.15) is 0 Å². The van der Waals surface area contributed by atoms with Gasteiger partial charge >= 0.3 is 11.8 Å². The first-order chi connectivity index (χ1) is 14.5. The summed E-state index contributed by atoms with van der Waals surface area (Å²) in [7, 11) is 0. The fourth-order valence-electron chi connectivity index (χ4n) is 3.55. The predicted octanol–water partition coefficient (Wildman–Crippen LogP) is 4.23. The molecule has 4 rings (SSSR count). The molecule has 8 heteroatoms. The van der Waals surface area contributed by atoms with Crippen molar-refractivity contribution in [1.82, 2.24) is 10.3 Å². The maximum atomic E-state index is 12.2. The van der Waals surface area contributed by atoms with Crippen molar-refractivity contribution in [2.75, 3.05) is 29.9 Å². The molecule has 1 fully saturated rings. The Morgan fingerprint density at radius 1 is 1.17 bits per heavy atom. The SMILES string of the molecule is Cc1ccc(Cl)cc1NC(=O)C(=O)NCC1CCN(c2nc3ccccc3s2)CC1. The Kier molecular flexibility index (Phi) is 6.20. The van der Waals surface area contributed by atoms with Gasteiger partial charge in [0, 0.05) is 30.3 Å². The van der Waals surface area contributed by atoms with Crippen LogP contribution in [0.25, 0.3) is 10.2 Å². The summed E-state index contributed by atoms with van der Waals surface area (Å²) in [6, 6.07) is 13.3. The number of aryl methyl sites for hydroxylation is 1. The largest absolute Gasteiger partial charge is 0.348 e. The molecule has 3 aromatic rings. The number of para-hydroxylation sites is 1. The number of benzene rings is 2. The van der Waals surface area contributed by atoms with Crippen molar-refractivity contribution in [3.8, 4) is 0 Å². The van der Waals surface area contributed by atoms with Gasteiger partial charge in [-0.1, -0.05) is 41.1 Å². The lowest BCUT2D eigenvalue weighted by molar-refractivity contribution is -0.136. The Morgan fingerprint density at radius 2 is 1.93 bits per heavy atom. The molecule has 30 heavy (non-hydrogen) atoms. The number of piperidine rings is 1. The van der Waals surface area contributed by atoms with E-state index < -0.39 is 11.8 Å². The van der Waals surface area contributed by atoms with Gasteiger partial charge in [-0.2, -0.15) is 0 Å². The average Bonchev–Trinajstić information content (AvgIpc) is 3.19. The molecule has 0 bridgehead atoms. The number of nitrogens with zero attached hydrogens (tertiary/aromatic N) is 2. The molecule has 6 nitrogen and oxygen atoms in total. The van der Waals surface area contributed by atoms with Crippen LogP contribution < -0.4 is 15.5 Å². The summed E-state index contributed by atoms with van der Waals surface area (Å²) >= 11 is 7.67. The number of amides is 2. The number of carbonyl (C=O) groups is 2. The van der Waals surface area contributed by atoms with Gasteiger partial charge in [0.25, 0.3) is 0 Å². The fraction of sp³-hybridized carbons (Fsp3) is 0.318. The van der Waals surface area contributed by atoms with Crippen LogP contribution in [0.4, 0.5) is 10.8 Å². The van der Waals surface area contributed by atoms with Crippen molar-refractivity contribution in [2.45, 2.75) is 19.8 Å². The van der Waals surface area contributed by atoms with Crippen LogP contribution in [0.1, 0.15) is 18.4 Å². The van der Waals surface area contributed by atoms with Crippen molar-refractivity contribution in [2.24, 2.45) is 5.92 Å². The highest BCUT2D eigenvalue weighted by atomic mass is 35.5. The van der Waals surface area contributed by atoms with Crippen LogP contribution in [0.2, 0.25) is 5.02 Å². The Morgan fingerprint density at radius 3 is 2.70 bits per heavy atom. The number of aromatic nitrogens is 1. The average molecular weight is 443 g/mol. The Hall–Kier alpha value is -2.64. The molecule has 2 amide bonds. The lowest BCUT2D eigenvalue weighted by atomic mass is 9.97. The summed E-state index contributed by atoms with van der Waals surface area (Å²) in [5.41, 5.74) is 2.43. The number of nitrogens with one attached hydrogen (secondary N) is 2. The number of hydrogen-bond donors (Lipinski definition) is 2. The van der Waals surface area contributed by atoms with Crippen molar-refractivity contribution >= 4 is 55.8 Å². The van der Waals surface area contributed by atoms with Crippen molar-refractivity contribution in [3.63, 3.8) is 0 Å². The summed E-state index contributed by atoms with van der Waals surface area (Å²) in [4.78, 5) is 31.4. The molecule has 156 valence electrons. The van der Waals surface area contributed by atoms with Crippen molar-refractivity contribution < 1.29 is 9.59 Å². The zero-order valence-corrected chi connectivity index (χ0v) is 18.2. The molecule has 0 spiro atoms. The fourth-order valence-corrected chi connectivity index (χ4v) is 4.74. The molecule has 1 aromatic heterocycles. The first-order valence-electron chi connectivity index (χ1n) is 9.95. The molecule has 0 saturated carbocycles. The Labute approximate surface area is 184 Å². The summed E-state index contributed by atoms with van der Waals surface area (Å²) < 4.78 is 1.20. The molecular weight excluding hydrogens is 420 g/mol. The number of anilines is 2. The molecule has 1 aliphatic heterocycles. The van der Waals surface area contributed by atoms with E-state index in [0.717, 1.165) is 42.1 Å². The predicted molar refractivity (Wildman–Crippen MR) is 122 cm³/mol. The minimum atomic E-state index is -0.674. The molecule has 0 radical (unpaired) electrons. The topological polar surface area (TPSA) is 74.3 Å². The molecular formula is C22H23ClN4O2S. The number of carbonyl (C=O) groups excluding carboxylic acids is 2. The van der Waals surface area contributed by atoms with Gasteiger partial charge < -0.3 is 15.5 Å². The molecule has 1 saturated heterocycles. The third kappa shape index (κ3) is 4.74. The number of hydrogen-bond acceptors (Lipinski definition) is 5. The summed E-state index contributed by atoms with van der Waals surface area (Å²) in [6.07, 6.45) is 1.90. The highest BCUT2D eigenvalue weighted by Gasteiger charge is 2.23. The van der Waals surface area contributed by atoms with E-state index in [2.05, 4.69) is 21.6 Å². The second-order valence-corrected chi connectivity index (χ2v) is 8.96. The number of thiazole rings is 1. The van der Waals surface area contributed by atoms with Gasteiger partial charge in [0.15, 0.2) is 5.13 Å². The quantitative estimate of drug-likeness (QED) is 0.593. The number of halogens is 1. The maximum absolute atomic E-state index is 12.2. The summed E-state index contributed by atoms with van der Waals surface area (Å²) in [6.45, 7) is 4.14. The van der Waals surface area contributed by atoms with Gasteiger partial charge in [-0.3, -0.25) is 9.59 Å². The summed E-state index contributed by atoms with van der Waals surface area (Å²) in [5.74, 6) is -0.949. The van der Waals surface area contributed by atoms with Crippen LogP contribution >= 0.6 is 22.9 Å². The van der Waals surface area contributed by atoms with Gasteiger partial charge in [-0.25, -0.2) is 4.98 Å². The van der Waals surface area contributed by atoms with E-state index in [4.69, 9.17) is 16.6 Å². The van der Waals surface area contributed by atoms with Crippen molar-refractivity contribution in [1.29, 1.82) is 0 Å². The van der Waals surface area contributed by atoms with E-state index in [9.17, 15) is 9.59 Å². The molecule has 2 N–H and O–H groups in total. The van der Waals surface area contributed by atoms with Gasteiger partial charge in [-0.15, -0.1) is 0 Å². The smallest absolute Gasteiger partial charge is 0.313 e. The first kappa shape index (κ1) is 20.6. The van der Waals surface area contributed by atoms with Crippen LogP contribution in [-0.2, 0) is 9.59 Å². The van der Waals surface area contributed by atoms with Crippen LogP contribution in [-0.4, -0.2) is 36.4 Å². The second kappa shape index (κ2) is 9.02. The Bertz CT molecular complexity index is 1040. The van der Waals surface area contributed by atoms with Crippen molar-refractivity contribution in [3.05, 3.63) is 53.1 Å². The second-order valence-electron chi connectivity index (χ2n) is 7.52. The van der Waals surface area contributed by atoms with E-state index in [1.54, 1.807) is 29.5 Å². The third-order valence-corrected chi connectivity index (χ3v) is 6.71. The monoisotopic (exact) mass is 442 g/mol. The van der Waals surface area contributed by atoms with E-state index in [1.807, 2.05) is 25.1 Å². The molecule has 2 aromatic carbocycles. The third-order valence-electron chi connectivity index (χ3n) is 5.37. The highest BCUT2D eigenvalue weighted by molar-refractivity contribution is 7.22. The molecule has 2 heterocycles. The van der Waals surface area contributed by atoms with E-state index in [1.165, 1.54) is 4.70 Å². The maximum Gasteiger partial charge on any atom is 0.313 e. The standard InChI is InChI=1S/C22H23ClN4O2S/c1-14-6-7-16(23)12-18(14)25-21(29)20(28)24-13-15-8-10-27(11-9-15)22-26-17-4-2-3-5-19(17)30-22/h2-7,12,15H,8-11,13H2,1H3,(H,24,28)(H,25,29). The molecule has 0 atom stereocenters. The van der Waals surface area contributed by atoms with Crippen LogP contribution in [0, 0.1) is 12.8 Å². The molecule has 0 aliphatic carbocycles. The molecule has 1 aliphatic rings. The summed E-state index contributed by atoms with van der Waals surface area (Å²) in [5, 5.41) is 6.96. The minimum absolute atomic E-state index is 0.347. The zero-order valence-electron chi connectivity index (χ0n) is 16.7. The van der Waals surface area contributed by atoms with Crippen LogP contribution in [0.15, 0.2) is 42.5 Å². The number of rotatable bonds is 4.